The van der Waals surface area contributed by atoms with Crippen LogP contribution >= 0.6 is 0 Å². The number of carbonyl (C=O) groups excluding carboxylic acids is 1. The predicted octanol–water partition coefficient (Wildman–Crippen LogP) is 4.51. The Bertz CT molecular complexity index is 1090. The summed E-state index contributed by atoms with van der Waals surface area (Å²) in [5.41, 5.74) is 3.82. The van der Waals surface area contributed by atoms with E-state index in [4.69, 9.17) is 9.72 Å². The molecular weight excluding hydrogens is 402 g/mol. The Kier molecular flexibility index (Phi) is 6.54. The van der Waals surface area contributed by atoms with Crippen LogP contribution in [0.4, 0.5) is 16.3 Å². The number of hydrogen-bond donors (Lipinski definition) is 1. The number of amides is 2. The van der Waals surface area contributed by atoms with Crippen LogP contribution in [0.2, 0.25) is 0 Å². The highest BCUT2D eigenvalue weighted by Gasteiger charge is 2.23. The first-order valence-corrected chi connectivity index (χ1v) is 11.0. The third kappa shape index (κ3) is 4.99. The van der Waals surface area contributed by atoms with Gasteiger partial charge in [0.05, 0.1) is 12.3 Å². The summed E-state index contributed by atoms with van der Waals surface area (Å²) in [6, 6.07) is 17.6. The van der Waals surface area contributed by atoms with Gasteiger partial charge in [0.2, 0.25) is 0 Å². The molecule has 1 aromatic heterocycles. The number of aromatic nitrogens is 2. The minimum Gasteiger partial charge on any atom is -0.492 e. The Morgan fingerprint density at radius 1 is 1.00 bits per heavy atom. The summed E-state index contributed by atoms with van der Waals surface area (Å²) in [5.74, 6) is 2.31. The molecule has 1 fully saturated rings. The van der Waals surface area contributed by atoms with Crippen LogP contribution in [-0.4, -0.2) is 53.7 Å². The fraction of sp³-hybridized carbons (Fsp3) is 0.320. The number of piperazine rings is 1. The van der Waals surface area contributed by atoms with Crippen molar-refractivity contribution in [3.8, 4) is 17.1 Å². The number of nitrogens with one attached hydrogen (secondary N) is 1. The molecule has 7 nitrogen and oxygen atoms in total. The van der Waals surface area contributed by atoms with Gasteiger partial charge < -0.3 is 19.9 Å². The molecule has 0 aliphatic carbocycles. The zero-order chi connectivity index (χ0) is 22.5. The minimum atomic E-state index is -0.115. The second-order valence-corrected chi connectivity index (χ2v) is 7.89. The van der Waals surface area contributed by atoms with Crippen LogP contribution in [0.15, 0.2) is 54.6 Å². The Labute approximate surface area is 189 Å². The molecule has 1 aliphatic rings. The summed E-state index contributed by atoms with van der Waals surface area (Å²) >= 11 is 0. The lowest BCUT2D eigenvalue weighted by molar-refractivity contribution is 0.208. The SMILES string of the molecule is CCOc1ccccc1NC(=O)N1CCN(c2cc(C)nc(-c3cccc(C)c3)n2)CC1. The monoisotopic (exact) mass is 431 g/mol. The van der Waals surface area contributed by atoms with E-state index < -0.39 is 0 Å². The summed E-state index contributed by atoms with van der Waals surface area (Å²) in [7, 11) is 0. The van der Waals surface area contributed by atoms with Gasteiger partial charge in [-0.2, -0.15) is 0 Å². The fourth-order valence-corrected chi connectivity index (χ4v) is 3.81. The molecule has 0 radical (unpaired) electrons. The molecular formula is C25H29N5O2. The quantitative estimate of drug-likeness (QED) is 0.643. The number of carbonyl (C=O) groups is 1. The number of ether oxygens (including phenoxy) is 1. The molecule has 2 aromatic carbocycles. The molecule has 0 spiro atoms. The first kappa shape index (κ1) is 21.6. The number of anilines is 2. The lowest BCUT2D eigenvalue weighted by Gasteiger charge is -2.35. The molecule has 3 aromatic rings. The lowest BCUT2D eigenvalue weighted by Crippen LogP contribution is -2.50. The van der Waals surface area contributed by atoms with Crippen molar-refractivity contribution in [1.29, 1.82) is 0 Å². The van der Waals surface area contributed by atoms with Gasteiger partial charge in [-0.15, -0.1) is 0 Å². The second kappa shape index (κ2) is 9.68. The van der Waals surface area contributed by atoms with Crippen LogP contribution < -0.4 is 15.0 Å². The van der Waals surface area contributed by atoms with Crippen molar-refractivity contribution in [2.45, 2.75) is 20.8 Å². The number of aryl methyl sites for hydroxylation is 2. The van der Waals surface area contributed by atoms with Gasteiger partial charge in [0.15, 0.2) is 5.82 Å². The number of nitrogens with zero attached hydrogens (tertiary/aromatic N) is 4. The highest BCUT2D eigenvalue weighted by Crippen LogP contribution is 2.25. The van der Waals surface area contributed by atoms with Crippen molar-refractivity contribution in [3.63, 3.8) is 0 Å². The zero-order valence-corrected chi connectivity index (χ0v) is 18.8. The van der Waals surface area contributed by atoms with Crippen molar-refractivity contribution < 1.29 is 9.53 Å². The number of para-hydroxylation sites is 2. The van der Waals surface area contributed by atoms with E-state index in [0.29, 0.717) is 44.2 Å². The van der Waals surface area contributed by atoms with Gasteiger partial charge in [0.25, 0.3) is 0 Å². The number of urea groups is 1. The first-order chi connectivity index (χ1) is 15.5. The maximum Gasteiger partial charge on any atom is 0.322 e. The Hall–Kier alpha value is -3.61. The van der Waals surface area contributed by atoms with Crippen LogP contribution in [0.5, 0.6) is 5.75 Å². The molecule has 7 heteroatoms. The van der Waals surface area contributed by atoms with Gasteiger partial charge in [-0.1, -0.05) is 35.9 Å². The van der Waals surface area contributed by atoms with Gasteiger partial charge in [0.1, 0.15) is 11.6 Å². The van der Waals surface area contributed by atoms with E-state index in [1.54, 1.807) is 0 Å². The van der Waals surface area contributed by atoms with Gasteiger partial charge in [-0.3, -0.25) is 0 Å². The summed E-state index contributed by atoms with van der Waals surface area (Å²) in [5, 5.41) is 2.98. The summed E-state index contributed by atoms with van der Waals surface area (Å²) in [4.78, 5) is 26.3. The third-order valence-corrected chi connectivity index (χ3v) is 5.44. The highest BCUT2D eigenvalue weighted by molar-refractivity contribution is 5.91. The van der Waals surface area contributed by atoms with E-state index in [1.807, 2.05) is 61.2 Å². The first-order valence-electron chi connectivity index (χ1n) is 11.0. The fourth-order valence-electron chi connectivity index (χ4n) is 3.81. The number of rotatable bonds is 5. The van der Waals surface area contributed by atoms with Crippen molar-refractivity contribution >= 4 is 17.5 Å². The van der Waals surface area contributed by atoms with E-state index in [1.165, 1.54) is 5.56 Å². The van der Waals surface area contributed by atoms with Gasteiger partial charge >= 0.3 is 6.03 Å². The summed E-state index contributed by atoms with van der Waals surface area (Å²) in [6.45, 7) is 9.19. The highest BCUT2D eigenvalue weighted by atomic mass is 16.5. The van der Waals surface area contributed by atoms with E-state index in [0.717, 1.165) is 22.9 Å². The average molecular weight is 432 g/mol. The number of hydrogen-bond acceptors (Lipinski definition) is 5. The molecule has 1 aliphatic heterocycles. The average Bonchev–Trinajstić information content (AvgIpc) is 2.80. The molecule has 1 N–H and O–H groups in total. The maximum absolute atomic E-state index is 12.8. The predicted molar refractivity (Wildman–Crippen MR) is 127 cm³/mol. The van der Waals surface area contributed by atoms with E-state index in [2.05, 4.69) is 34.3 Å². The third-order valence-electron chi connectivity index (χ3n) is 5.44. The zero-order valence-electron chi connectivity index (χ0n) is 18.8. The standard InChI is InChI=1S/C25H29N5O2/c1-4-32-22-11-6-5-10-21(22)27-25(31)30-14-12-29(13-15-30)23-17-19(3)26-24(28-23)20-9-7-8-18(2)16-20/h5-11,16-17H,4,12-15H2,1-3H3,(H,27,31). The molecule has 2 heterocycles. The lowest BCUT2D eigenvalue weighted by atomic mass is 10.1. The van der Waals surface area contributed by atoms with Crippen LogP contribution in [0.1, 0.15) is 18.2 Å². The van der Waals surface area contributed by atoms with Crippen molar-refractivity contribution in [2.75, 3.05) is 43.0 Å². The van der Waals surface area contributed by atoms with Gasteiger partial charge in [-0.25, -0.2) is 14.8 Å². The normalized spacial score (nSPS) is 13.7. The Morgan fingerprint density at radius 3 is 2.53 bits per heavy atom. The molecule has 166 valence electrons. The molecule has 2 amide bonds. The number of benzene rings is 2. The topological polar surface area (TPSA) is 70.6 Å². The Morgan fingerprint density at radius 2 is 1.78 bits per heavy atom. The smallest absolute Gasteiger partial charge is 0.322 e. The molecule has 32 heavy (non-hydrogen) atoms. The Balaban J connectivity index is 1.42. The second-order valence-electron chi connectivity index (χ2n) is 7.89. The van der Waals surface area contributed by atoms with Crippen molar-refractivity contribution in [2.24, 2.45) is 0 Å². The maximum atomic E-state index is 12.8. The molecule has 0 saturated carbocycles. The van der Waals surface area contributed by atoms with Crippen LogP contribution in [0.3, 0.4) is 0 Å². The van der Waals surface area contributed by atoms with Gasteiger partial charge in [-0.05, 0) is 39.0 Å². The summed E-state index contributed by atoms with van der Waals surface area (Å²) in [6.07, 6.45) is 0. The minimum absolute atomic E-state index is 0.115. The summed E-state index contributed by atoms with van der Waals surface area (Å²) < 4.78 is 5.61. The van der Waals surface area contributed by atoms with E-state index in [9.17, 15) is 4.79 Å². The van der Waals surface area contributed by atoms with E-state index >= 15 is 0 Å². The molecule has 0 unspecified atom stereocenters. The molecule has 0 atom stereocenters. The van der Waals surface area contributed by atoms with Crippen LogP contribution in [-0.2, 0) is 0 Å². The molecule has 0 bridgehead atoms. The van der Waals surface area contributed by atoms with Gasteiger partial charge in [0, 0.05) is 43.5 Å². The molecule has 1 saturated heterocycles. The van der Waals surface area contributed by atoms with Crippen molar-refractivity contribution in [3.05, 3.63) is 65.9 Å². The van der Waals surface area contributed by atoms with Crippen LogP contribution in [0, 0.1) is 13.8 Å². The van der Waals surface area contributed by atoms with E-state index in [-0.39, 0.29) is 6.03 Å². The molecule has 4 rings (SSSR count). The van der Waals surface area contributed by atoms with Crippen molar-refractivity contribution in [1.82, 2.24) is 14.9 Å². The van der Waals surface area contributed by atoms with Crippen LogP contribution in [0.25, 0.3) is 11.4 Å². The largest absolute Gasteiger partial charge is 0.492 e.